The maximum Gasteiger partial charge on any atom is 0.471 e. The minimum absolute atomic E-state index is 0.254. The molecule has 1 amide bonds. The van der Waals surface area contributed by atoms with Crippen molar-refractivity contribution < 1.29 is 28.2 Å². The van der Waals surface area contributed by atoms with Gasteiger partial charge in [-0.05, 0) is 0 Å². The Bertz CT molecular complexity index is 231. The summed E-state index contributed by atoms with van der Waals surface area (Å²) in [5, 5.41) is 17.8. The predicted molar refractivity (Wildman–Crippen MR) is 39.2 cm³/mol. The molecule has 0 bridgehead atoms. The van der Waals surface area contributed by atoms with Crippen LogP contribution < -0.4 is 0 Å². The molecule has 2 atom stereocenters. The molecular formula is C7H10F3NO3. The van der Waals surface area contributed by atoms with Crippen molar-refractivity contribution in [3.63, 3.8) is 0 Å². The zero-order valence-corrected chi connectivity index (χ0v) is 7.16. The number of β-amino-alcohol motifs (C(OH)–C–C–N with tert-alkyl or cyclic N) is 1. The van der Waals surface area contributed by atoms with E-state index in [1.807, 2.05) is 0 Å². The molecule has 2 unspecified atom stereocenters. The number of likely N-dealkylation sites (tertiary alicyclic amines) is 1. The third kappa shape index (κ3) is 2.16. The second-order valence-corrected chi connectivity index (χ2v) is 3.22. The monoisotopic (exact) mass is 213 g/mol. The number of carbonyl (C=O) groups is 1. The highest BCUT2D eigenvalue weighted by Gasteiger charge is 2.46. The lowest BCUT2D eigenvalue weighted by Gasteiger charge is -2.17. The quantitative estimate of drug-likeness (QED) is 0.609. The van der Waals surface area contributed by atoms with E-state index in [1.54, 1.807) is 0 Å². The Morgan fingerprint density at radius 3 is 2.36 bits per heavy atom. The lowest BCUT2D eigenvalue weighted by atomic mass is 10.1. The number of aliphatic hydroxyl groups is 2. The first-order valence-electron chi connectivity index (χ1n) is 4.01. The summed E-state index contributed by atoms with van der Waals surface area (Å²) in [6.07, 6.45) is -5.99. The molecule has 14 heavy (non-hydrogen) atoms. The third-order valence-electron chi connectivity index (χ3n) is 2.17. The molecule has 0 aromatic carbocycles. The summed E-state index contributed by atoms with van der Waals surface area (Å²) in [6, 6.07) is 0. The minimum atomic E-state index is -4.91. The molecular weight excluding hydrogens is 203 g/mol. The molecule has 0 radical (unpaired) electrons. The SMILES string of the molecule is O=C(N1CC(O)C(CO)C1)C(F)(F)F. The molecule has 1 saturated heterocycles. The fraction of sp³-hybridized carbons (Fsp3) is 0.857. The van der Waals surface area contributed by atoms with Gasteiger partial charge in [-0.3, -0.25) is 4.79 Å². The van der Waals surface area contributed by atoms with Gasteiger partial charge >= 0.3 is 12.1 Å². The number of halogens is 3. The van der Waals surface area contributed by atoms with Gasteiger partial charge < -0.3 is 15.1 Å². The van der Waals surface area contributed by atoms with Gasteiger partial charge in [-0.25, -0.2) is 0 Å². The Kier molecular flexibility index (Phi) is 3.01. The second kappa shape index (κ2) is 3.74. The fourth-order valence-corrected chi connectivity index (χ4v) is 1.38. The zero-order chi connectivity index (χ0) is 10.9. The third-order valence-corrected chi connectivity index (χ3v) is 2.17. The molecule has 82 valence electrons. The molecule has 1 fully saturated rings. The van der Waals surface area contributed by atoms with Crippen LogP contribution in [0.25, 0.3) is 0 Å². The molecule has 7 heteroatoms. The topological polar surface area (TPSA) is 60.8 Å². The number of nitrogens with zero attached hydrogens (tertiary/aromatic N) is 1. The van der Waals surface area contributed by atoms with Gasteiger partial charge in [0, 0.05) is 19.0 Å². The number of aliphatic hydroxyl groups excluding tert-OH is 2. The van der Waals surface area contributed by atoms with E-state index in [0.717, 1.165) is 0 Å². The van der Waals surface area contributed by atoms with Crippen molar-refractivity contribution in [3.05, 3.63) is 0 Å². The summed E-state index contributed by atoms with van der Waals surface area (Å²) in [7, 11) is 0. The molecule has 1 aliphatic rings. The lowest BCUT2D eigenvalue weighted by Crippen LogP contribution is -2.40. The molecule has 0 saturated carbocycles. The molecule has 0 aliphatic carbocycles. The van der Waals surface area contributed by atoms with Gasteiger partial charge in [-0.15, -0.1) is 0 Å². The van der Waals surface area contributed by atoms with Crippen LogP contribution in [-0.2, 0) is 4.79 Å². The molecule has 0 aromatic heterocycles. The summed E-state index contributed by atoms with van der Waals surface area (Å²) in [4.78, 5) is 11.2. The first-order chi connectivity index (χ1) is 6.36. The van der Waals surface area contributed by atoms with Crippen LogP contribution in [0.1, 0.15) is 0 Å². The fourth-order valence-electron chi connectivity index (χ4n) is 1.38. The smallest absolute Gasteiger partial charge is 0.396 e. The standard InChI is InChI=1S/C7H10F3NO3/c8-7(9,10)6(14)11-1-4(3-12)5(13)2-11/h4-5,12-13H,1-3H2. The molecule has 2 N–H and O–H groups in total. The van der Waals surface area contributed by atoms with Gasteiger partial charge in [0.2, 0.25) is 0 Å². The van der Waals surface area contributed by atoms with Crippen molar-refractivity contribution in [2.24, 2.45) is 5.92 Å². The molecule has 0 aromatic rings. The highest BCUT2D eigenvalue weighted by Crippen LogP contribution is 2.24. The van der Waals surface area contributed by atoms with E-state index in [4.69, 9.17) is 10.2 Å². The van der Waals surface area contributed by atoms with Gasteiger partial charge in [-0.1, -0.05) is 0 Å². The highest BCUT2D eigenvalue weighted by atomic mass is 19.4. The van der Waals surface area contributed by atoms with Crippen molar-refractivity contribution in [2.75, 3.05) is 19.7 Å². The number of carbonyl (C=O) groups excluding carboxylic acids is 1. The first-order valence-corrected chi connectivity index (χ1v) is 4.01. The Hall–Kier alpha value is -0.820. The summed E-state index contributed by atoms with van der Waals surface area (Å²) in [6.45, 7) is -1.05. The van der Waals surface area contributed by atoms with E-state index in [2.05, 4.69) is 0 Å². The van der Waals surface area contributed by atoms with E-state index in [0.29, 0.717) is 4.90 Å². The number of rotatable bonds is 1. The molecule has 1 heterocycles. The van der Waals surface area contributed by atoms with Crippen molar-refractivity contribution in [3.8, 4) is 0 Å². The van der Waals surface area contributed by atoms with Crippen LogP contribution in [0.4, 0.5) is 13.2 Å². The molecule has 0 spiro atoms. The van der Waals surface area contributed by atoms with Gasteiger partial charge in [0.1, 0.15) is 0 Å². The first kappa shape index (κ1) is 11.3. The van der Waals surface area contributed by atoms with Crippen molar-refractivity contribution in [1.82, 2.24) is 4.90 Å². The Morgan fingerprint density at radius 1 is 1.43 bits per heavy atom. The minimum Gasteiger partial charge on any atom is -0.396 e. The molecule has 1 aliphatic heterocycles. The summed E-state index contributed by atoms with van der Waals surface area (Å²) in [5.41, 5.74) is 0. The van der Waals surface area contributed by atoms with E-state index in [9.17, 15) is 18.0 Å². The Labute approximate surface area is 77.9 Å². The van der Waals surface area contributed by atoms with Crippen LogP contribution in [0.2, 0.25) is 0 Å². The van der Waals surface area contributed by atoms with Crippen LogP contribution in [-0.4, -0.2) is 53.0 Å². The maximum absolute atomic E-state index is 11.9. The average Bonchev–Trinajstić information content (AvgIpc) is 2.43. The predicted octanol–water partition coefficient (Wildman–Crippen LogP) is -0.640. The van der Waals surface area contributed by atoms with Crippen LogP contribution in [0.5, 0.6) is 0 Å². The molecule has 1 rings (SSSR count). The van der Waals surface area contributed by atoms with Crippen LogP contribution in [0.15, 0.2) is 0 Å². The van der Waals surface area contributed by atoms with Gasteiger partial charge in [-0.2, -0.15) is 13.2 Å². The second-order valence-electron chi connectivity index (χ2n) is 3.22. The van der Waals surface area contributed by atoms with Crippen LogP contribution in [0, 0.1) is 5.92 Å². The average molecular weight is 213 g/mol. The Morgan fingerprint density at radius 2 is 2.00 bits per heavy atom. The van der Waals surface area contributed by atoms with Gasteiger partial charge in [0.15, 0.2) is 0 Å². The van der Waals surface area contributed by atoms with Crippen LogP contribution in [0.3, 0.4) is 0 Å². The van der Waals surface area contributed by atoms with Crippen molar-refractivity contribution in [1.29, 1.82) is 0 Å². The normalized spacial score (nSPS) is 28.2. The lowest BCUT2D eigenvalue weighted by molar-refractivity contribution is -0.184. The number of hydrogen-bond donors (Lipinski definition) is 2. The number of alkyl halides is 3. The zero-order valence-electron chi connectivity index (χ0n) is 7.16. The number of amides is 1. The maximum atomic E-state index is 11.9. The number of hydrogen-bond acceptors (Lipinski definition) is 3. The van der Waals surface area contributed by atoms with Crippen molar-refractivity contribution in [2.45, 2.75) is 12.3 Å². The van der Waals surface area contributed by atoms with Crippen LogP contribution >= 0.6 is 0 Å². The van der Waals surface area contributed by atoms with E-state index in [-0.39, 0.29) is 13.1 Å². The van der Waals surface area contributed by atoms with E-state index < -0.39 is 30.7 Å². The van der Waals surface area contributed by atoms with Gasteiger partial charge in [0.25, 0.3) is 0 Å². The van der Waals surface area contributed by atoms with E-state index >= 15 is 0 Å². The summed E-state index contributed by atoms with van der Waals surface area (Å²) < 4.78 is 35.8. The van der Waals surface area contributed by atoms with E-state index in [1.165, 1.54) is 0 Å². The highest BCUT2D eigenvalue weighted by molar-refractivity contribution is 5.82. The molecule has 4 nitrogen and oxygen atoms in total. The largest absolute Gasteiger partial charge is 0.471 e. The summed E-state index contributed by atoms with van der Waals surface area (Å²) in [5.74, 6) is -2.64. The van der Waals surface area contributed by atoms with Crippen molar-refractivity contribution >= 4 is 5.91 Å². The Balaban J connectivity index is 2.62. The summed E-state index contributed by atoms with van der Waals surface area (Å²) >= 11 is 0. The van der Waals surface area contributed by atoms with Gasteiger partial charge in [0.05, 0.1) is 12.7 Å².